The largest absolute Gasteiger partial charge is 0.313 e. The highest BCUT2D eigenvalue weighted by atomic mass is 32.2. The molecule has 1 heterocycles. The molecule has 11 heavy (non-hydrogen) atoms. The van der Waals surface area contributed by atoms with E-state index >= 15 is 0 Å². The Balaban J connectivity index is 2.15. The van der Waals surface area contributed by atoms with E-state index in [0.29, 0.717) is 0 Å². The minimum Gasteiger partial charge on any atom is -0.313 e. The van der Waals surface area contributed by atoms with Gasteiger partial charge in [0.1, 0.15) is 0 Å². The second kappa shape index (κ2) is 4.36. The van der Waals surface area contributed by atoms with Gasteiger partial charge in [0.05, 0.1) is 0 Å². The molecule has 0 aliphatic carbocycles. The third kappa shape index (κ3) is 3.04. The van der Waals surface area contributed by atoms with Gasteiger partial charge in [-0.25, -0.2) is 0 Å². The summed E-state index contributed by atoms with van der Waals surface area (Å²) < 4.78 is 0. The molecule has 2 unspecified atom stereocenters. The van der Waals surface area contributed by atoms with E-state index in [-0.39, 0.29) is 0 Å². The molecule has 0 aromatic carbocycles. The monoisotopic (exact) mass is 173 g/mol. The molecule has 0 amide bonds. The highest BCUT2D eigenvalue weighted by Gasteiger charge is 2.22. The molecule has 1 rings (SSSR count). The number of nitrogens with one attached hydrogen (secondary N) is 1. The first-order valence-corrected chi connectivity index (χ1v) is 5.66. The maximum Gasteiger partial charge on any atom is 0.0191 e. The van der Waals surface area contributed by atoms with Crippen molar-refractivity contribution in [1.29, 1.82) is 0 Å². The number of hydrogen-bond acceptors (Lipinski definition) is 2. The van der Waals surface area contributed by atoms with E-state index in [4.69, 9.17) is 0 Å². The second-order valence-electron chi connectivity index (χ2n) is 3.92. The summed E-state index contributed by atoms with van der Waals surface area (Å²) in [6.07, 6.45) is 0. The Bertz CT molecular complexity index is 114. The lowest BCUT2D eigenvalue weighted by Gasteiger charge is -2.17. The highest BCUT2D eigenvalue weighted by molar-refractivity contribution is 7.99. The van der Waals surface area contributed by atoms with E-state index in [2.05, 4.69) is 37.8 Å². The summed E-state index contributed by atoms with van der Waals surface area (Å²) >= 11 is 2.08. The molecular weight excluding hydrogens is 154 g/mol. The van der Waals surface area contributed by atoms with Crippen molar-refractivity contribution in [2.75, 3.05) is 18.1 Å². The Hall–Kier alpha value is 0.310. The molecule has 66 valence electrons. The summed E-state index contributed by atoms with van der Waals surface area (Å²) in [6, 6.07) is 0.780. The summed E-state index contributed by atoms with van der Waals surface area (Å²) in [7, 11) is 0. The lowest BCUT2D eigenvalue weighted by molar-refractivity contribution is 0.422. The van der Waals surface area contributed by atoms with Crippen molar-refractivity contribution in [3.8, 4) is 0 Å². The van der Waals surface area contributed by atoms with E-state index in [1.807, 2.05) is 0 Å². The number of thioether (sulfide) groups is 1. The molecule has 0 saturated carbocycles. The summed E-state index contributed by atoms with van der Waals surface area (Å²) in [5, 5.41) is 3.61. The Morgan fingerprint density at radius 2 is 2.18 bits per heavy atom. The third-order valence-corrected chi connectivity index (χ3v) is 3.51. The normalized spacial score (nSPS) is 31.6. The molecule has 2 atom stereocenters. The van der Waals surface area contributed by atoms with Crippen LogP contribution in [0.2, 0.25) is 0 Å². The van der Waals surface area contributed by atoms with Crippen molar-refractivity contribution in [2.45, 2.75) is 26.8 Å². The first kappa shape index (κ1) is 9.40. The van der Waals surface area contributed by atoms with Gasteiger partial charge in [-0.3, -0.25) is 0 Å². The Morgan fingerprint density at radius 3 is 2.64 bits per heavy atom. The van der Waals surface area contributed by atoms with Crippen molar-refractivity contribution in [1.82, 2.24) is 5.32 Å². The molecule has 1 aliphatic heterocycles. The molecule has 1 nitrogen and oxygen atoms in total. The van der Waals surface area contributed by atoms with Crippen molar-refractivity contribution >= 4 is 11.8 Å². The predicted octanol–water partition coefficient (Wildman–Crippen LogP) is 1.98. The Kier molecular flexibility index (Phi) is 3.73. The molecular formula is C9H19NS. The second-order valence-corrected chi connectivity index (χ2v) is 5.00. The van der Waals surface area contributed by atoms with Crippen LogP contribution in [0, 0.1) is 11.8 Å². The number of rotatable bonds is 3. The standard InChI is InChI=1S/C9H19NS/c1-7(2)4-10-9-6-11-5-8(9)3/h7-10H,4-6H2,1-3H3. The first-order valence-electron chi connectivity index (χ1n) is 4.51. The van der Waals surface area contributed by atoms with E-state index in [1.54, 1.807) is 0 Å². The van der Waals surface area contributed by atoms with Crippen molar-refractivity contribution in [3.05, 3.63) is 0 Å². The Labute approximate surface area is 74.3 Å². The summed E-state index contributed by atoms with van der Waals surface area (Å²) in [5.74, 6) is 4.32. The van der Waals surface area contributed by atoms with Gasteiger partial charge in [-0.05, 0) is 24.1 Å². The highest BCUT2D eigenvalue weighted by Crippen LogP contribution is 2.23. The minimum absolute atomic E-state index is 0.780. The zero-order chi connectivity index (χ0) is 8.27. The van der Waals surface area contributed by atoms with Gasteiger partial charge in [0, 0.05) is 11.8 Å². The lowest BCUT2D eigenvalue weighted by Crippen LogP contribution is -2.36. The van der Waals surface area contributed by atoms with Crippen LogP contribution in [0.15, 0.2) is 0 Å². The van der Waals surface area contributed by atoms with Crippen LogP contribution in [0.25, 0.3) is 0 Å². The quantitative estimate of drug-likeness (QED) is 0.700. The molecule has 0 radical (unpaired) electrons. The van der Waals surface area contributed by atoms with Crippen LogP contribution >= 0.6 is 11.8 Å². The van der Waals surface area contributed by atoms with Gasteiger partial charge >= 0.3 is 0 Å². The van der Waals surface area contributed by atoms with Crippen molar-refractivity contribution in [3.63, 3.8) is 0 Å². The lowest BCUT2D eigenvalue weighted by atomic mass is 10.1. The Morgan fingerprint density at radius 1 is 1.45 bits per heavy atom. The van der Waals surface area contributed by atoms with Gasteiger partial charge in [0.15, 0.2) is 0 Å². The SMILES string of the molecule is CC(C)CNC1CSCC1C. The molecule has 0 spiro atoms. The van der Waals surface area contributed by atoms with Crippen LogP contribution in [0.3, 0.4) is 0 Å². The van der Waals surface area contributed by atoms with Crippen LogP contribution in [-0.2, 0) is 0 Å². The maximum absolute atomic E-state index is 3.61. The van der Waals surface area contributed by atoms with Crippen LogP contribution in [0.1, 0.15) is 20.8 Å². The fourth-order valence-electron chi connectivity index (χ4n) is 1.31. The summed E-state index contributed by atoms with van der Waals surface area (Å²) in [5.41, 5.74) is 0. The van der Waals surface area contributed by atoms with Crippen molar-refractivity contribution in [2.24, 2.45) is 11.8 Å². The topological polar surface area (TPSA) is 12.0 Å². The average Bonchev–Trinajstić information content (AvgIpc) is 2.31. The average molecular weight is 173 g/mol. The first-order chi connectivity index (χ1) is 5.20. The molecule has 1 N–H and O–H groups in total. The molecule has 0 bridgehead atoms. The zero-order valence-corrected chi connectivity index (χ0v) is 8.58. The summed E-state index contributed by atoms with van der Waals surface area (Å²) in [4.78, 5) is 0. The summed E-state index contributed by atoms with van der Waals surface area (Å²) in [6.45, 7) is 8.05. The van der Waals surface area contributed by atoms with Gasteiger partial charge in [-0.15, -0.1) is 0 Å². The molecule has 0 aromatic rings. The molecule has 1 fully saturated rings. The molecule has 1 aliphatic rings. The van der Waals surface area contributed by atoms with Crippen LogP contribution in [-0.4, -0.2) is 24.1 Å². The molecule has 2 heteroatoms. The number of hydrogen-bond donors (Lipinski definition) is 1. The van der Waals surface area contributed by atoms with E-state index in [9.17, 15) is 0 Å². The van der Waals surface area contributed by atoms with E-state index < -0.39 is 0 Å². The van der Waals surface area contributed by atoms with Gasteiger partial charge in [0.2, 0.25) is 0 Å². The minimum atomic E-state index is 0.780. The van der Waals surface area contributed by atoms with Gasteiger partial charge < -0.3 is 5.32 Å². The van der Waals surface area contributed by atoms with Crippen LogP contribution < -0.4 is 5.32 Å². The predicted molar refractivity (Wildman–Crippen MR) is 53.1 cm³/mol. The zero-order valence-electron chi connectivity index (χ0n) is 7.76. The van der Waals surface area contributed by atoms with Crippen LogP contribution in [0.4, 0.5) is 0 Å². The molecule has 0 aromatic heterocycles. The third-order valence-electron chi connectivity index (χ3n) is 2.15. The smallest absolute Gasteiger partial charge is 0.0191 e. The van der Waals surface area contributed by atoms with Gasteiger partial charge in [-0.2, -0.15) is 11.8 Å². The maximum atomic E-state index is 3.61. The van der Waals surface area contributed by atoms with E-state index in [1.165, 1.54) is 18.1 Å². The van der Waals surface area contributed by atoms with Crippen molar-refractivity contribution < 1.29 is 0 Å². The molecule has 1 saturated heterocycles. The van der Waals surface area contributed by atoms with Gasteiger partial charge in [0.25, 0.3) is 0 Å². The fraction of sp³-hybridized carbons (Fsp3) is 1.00. The van der Waals surface area contributed by atoms with E-state index in [0.717, 1.165) is 17.9 Å². The van der Waals surface area contributed by atoms with Crippen LogP contribution in [0.5, 0.6) is 0 Å². The fourth-order valence-corrected chi connectivity index (χ4v) is 2.75. The van der Waals surface area contributed by atoms with Gasteiger partial charge in [-0.1, -0.05) is 20.8 Å².